The average molecular weight is 296 g/mol. The van der Waals surface area contributed by atoms with Gasteiger partial charge in [-0.1, -0.05) is 6.07 Å². The highest BCUT2D eigenvalue weighted by Gasteiger charge is 2.20. The van der Waals surface area contributed by atoms with Crippen molar-refractivity contribution in [2.75, 3.05) is 26.7 Å². The van der Waals surface area contributed by atoms with Crippen LogP contribution in [0.4, 0.5) is 0 Å². The van der Waals surface area contributed by atoms with Crippen LogP contribution in [-0.4, -0.2) is 49.4 Å². The van der Waals surface area contributed by atoms with E-state index in [0.717, 1.165) is 25.9 Å². The first kappa shape index (κ1) is 15.0. The molecule has 2 rings (SSSR count). The lowest BCUT2D eigenvalue weighted by Crippen LogP contribution is -2.50. The number of likely N-dealkylation sites (tertiary alicyclic amines) is 1. The molecule has 20 heavy (non-hydrogen) atoms. The Bertz CT molecular complexity index is 449. The number of piperidine rings is 1. The van der Waals surface area contributed by atoms with Gasteiger partial charge >= 0.3 is 0 Å². The van der Waals surface area contributed by atoms with Gasteiger partial charge in [-0.3, -0.25) is 25.3 Å². The van der Waals surface area contributed by atoms with Gasteiger partial charge in [0.15, 0.2) is 0 Å². The molecule has 1 aromatic rings. The summed E-state index contributed by atoms with van der Waals surface area (Å²) in [7, 11) is 1.94. The first-order valence-corrected chi connectivity index (χ1v) is 7.59. The lowest BCUT2D eigenvalue weighted by Gasteiger charge is -2.31. The second kappa shape index (κ2) is 7.37. The minimum Gasteiger partial charge on any atom is -0.316 e. The molecular formula is C13H20N4O2S. The summed E-state index contributed by atoms with van der Waals surface area (Å²) in [5.41, 5.74) is 4.89. The standard InChI is InChI=1S/C13H20N4O2S/c1-14-10-4-2-6-17(8-10)9-12(18)15-16-13(19)11-5-3-7-20-11/h3,5,7,10,14H,2,4,6,8-9H2,1H3,(H,15,18)(H,16,19). The molecule has 1 saturated heterocycles. The first-order valence-electron chi connectivity index (χ1n) is 6.71. The molecule has 1 aliphatic heterocycles. The van der Waals surface area contributed by atoms with Gasteiger partial charge in [-0.15, -0.1) is 11.3 Å². The molecule has 0 saturated carbocycles. The largest absolute Gasteiger partial charge is 0.316 e. The Labute approximate surface area is 122 Å². The molecule has 0 bridgehead atoms. The summed E-state index contributed by atoms with van der Waals surface area (Å²) in [5.74, 6) is -0.466. The van der Waals surface area contributed by atoms with Crippen molar-refractivity contribution in [3.8, 4) is 0 Å². The third-order valence-electron chi connectivity index (χ3n) is 3.34. The van der Waals surface area contributed by atoms with Crippen LogP contribution in [-0.2, 0) is 4.79 Å². The molecule has 1 aliphatic rings. The Kier molecular flexibility index (Phi) is 5.51. The molecule has 0 aromatic carbocycles. The van der Waals surface area contributed by atoms with Crippen molar-refractivity contribution in [2.45, 2.75) is 18.9 Å². The van der Waals surface area contributed by atoms with Crippen LogP contribution in [0.3, 0.4) is 0 Å². The van der Waals surface area contributed by atoms with E-state index in [-0.39, 0.29) is 11.8 Å². The van der Waals surface area contributed by atoms with Crippen LogP contribution >= 0.6 is 11.3 Å². The fourth-order valence-corrected chi connectivity index (χ4v) is 2.89. The fraction of sp³-hybridized carbons (Fsp3) is 0.538. The molecule has 2 amide bonds. The predicted molar refractivity (Wildman–Crippen MR) is 78.4 cm³/mol. The summed E-state index contributed by atoms with van der Waals surface area (Å²) in [6.45, 7) is 2.09. The molecule has 0 radical (unpaired) electrons. The van der Waals surface area contributed by atoms with Crippen LogP contribution < -0.4 is 16.2 Å². The number of likely N-dealkylation sites (N-methyl/N-ethyl adjacent to an activating group) is 1. The maximum atomic E-state index is 11.8. The van der Waals surface area contributed by atoms with Gasteiger partial charge in [0.05, 0.1) is 11.4 Å². The van der Waals surface area contributed by atoms with Gasteiger partial charge in [0.25, 0.3) is 11.8 Å². The molecule has 1 atom stereocenters. The highest BCUT2D eigenvalue weighted by atomic mass is 32.1. The van der Waals surface area contributed by atoms with Crippen molar-refractivity contribution in [3.05, 3.63) is 22.4 Å². The summed E-state index contributed by atoms with van der Waals surface area (Å²) in [5, 5.41) is 5.06. The molecule has 1 fully saturated rings. The zero-order chi connectivity index (χ0) is 14.4. The van der Waals surface area contributed by atoms with Crippen LogP contribution in [0.1, 0.15) is 22.5 Å². The fourth-order valence-electron chi connectivity index (χ4n) is 2.27. The van der Waals surface area contributed by atoms with Gasteiger partial charge in [-0.2, -0.15) is 0 Å². The normalized spacial score (nSPS) is 19.6. The van der Waals surface area contributed by atoms with Gasteiger partial charge in [0.2, 0.25) is 0 Å². The van der Waals surface area contributed by atoms with E-state index in [9.17, 15) is 9.59 Å². The number of hydrazine groups is 1. The number of thiophene rings is 1. The van der Waals surface area contributed by atoms with E-state index in [0.29, 0.717) is 17.5 Å². The third-order valence-corrected chi connectivity index (χ3v) is 4.21. The van der Waals surface area contributed by atoms with Gasteiger partial charge in [0, 0.05) is 12.6 Å². The van der Waals surface area contributed by atoms with E-state index in [2.05, 4.69) is 21.1 Å². The van der Waals surface area contributed by atoms with E-state index in [4.69, 9.17) is 0 Å². The molecule has 2 heterocycles. The van der Waals surface area contributed by atoms with Crippen molar-refractivity contribution < 1.29 is 9.59 Å². The predicted octanol–water partition coefficient (Wildman–Crippen LogP) is 0.193. The van der Waals surface area contributed by atoms with Gasteiger partial charge in [-0.05, 0) is 37.9 Å². The number of amides is 2. The van der Waals surface area contributed by atoms with Crippen LogP contribution in [0.15, 0.2) is 17.5 Å². The number of hydrogen-bond acceptors (Lipinski definition) is 5. The van der Waals surface area contributed by atoms with Gasteiger partial charge < -0.3 is 5.32 Å². The molecule has 1 aromatic heterocycles. The van der Waals surface area contributed by atoms with E-state index >= 15 is 0 Å². The zero-order valence-corrected chi connectivity index (χ0v) is 12.3. The quantitative estimate of drug-likeness (QED) is 0.694. The number of carbonyl (C=O) groups is 2. The highest BCUT2D eigenvalue weighted by molar-refractivity contribution is 7.12. The molecule has 6 nitrogen and oxygen atoms in total. The number of rotatable bonds is 4. The molecule has 1 unspecified atom stereocenters. The Morgan fingerprint density at radius 3 is 3.00 bits per heavy atom. The molecule has 110 valence electrons. The lowest BCUT2D eigenvalue weighted by molar-refractivity contribution is -0.123. The van der Waals surface area contributed by atoms with Crippen molar-refractivity contribution >= 4 is 23.2 Å². The first-order chi connectivity index (χ1) is 9.69. The Morgan fingerprint density at radius 1 is 1.45 bits per heavy atom. The molecule has 3 N–H and O–H groups in total. The molecule has 7 heteroatoms. The summed E-state index contributed by atoms with van der Waals surface area (Å²) < 4.78 is 0. The van der Waals surface area contributed by atoms with Crippen LogP contribution in [0.5, 0.6) is 0 Å². The van der Waals surface area contributed by atoms with Crippen LogP contribution in [0, 0.1) is 0 Å². The minimum atomic E-state index is -0.278. The summed E-state index contributed by atoms with van der Waals surface area (Å²) in [6.07, 6.45) is 2.23. The maximum Gasteiger partial charge on any atom is 0.279 e. The molecule has 0 aliphatic carbocycles. The van der Waals surface area contributed by atoms with E-state index in [1.54, 1.807) is 12.1 Å². The van der Waals surface area contributed by atoms with Gasteiger partial charge in [-0.25, -0.2) is 0 Å². The average Bonchev–Trinajstić information content (AvgIpc) is 2.99. The molecular weight excluding hydrogens is 276 g/mol. The summed E-state index contributed by atoms with van der Waals surface area (Å²) in [6, 6.07) is 3.96. The Morgan fingerprint density at radius 2 is 2.30 bits per heavy atom. The maximum absolute atomic E-state index is 11.8. The van der Waals surface area contributed by atoms with E-state index < -0.39 is 0 Å². The second-order valence-electron chi connectivity index (χ2n) is 4.84. The molecule has 0 spiro atoms. The Hall–Kier alpha value is -1.44. The van der Waals surface area contributed by atoms with Crippen molar-refractivity contribution in [2.24, 2.45) is 0 Å². The minimum absolute atomic E-state index is 0.188. The highest BCUT2D eigenvalue weighted by Crippen LogP contribution is 2.09. The van der Waals surface area contributed by atoms with Crippen molar-refractivity contribution in [1.29, 1.82) is 0 Å². The SMILES string of the molecule is CNC1CCCN(CC(=O)NNC(=O)c2cccs2)C1. The topological polar surface area (TPSA) is 73.5 Å². The van der Waals surface area contributed by atoms with Gasteiger partial charge in [0.1, 0.15) is 0 Å². The number of nitrogens with zero attached hydrogens (tertiary/aromatic N) is 1. The smallest absolute Gasteiger partial charge is 0.279 e. The second-order valence-corrected chi connectivity index (χ2v) is 5.79. The summed E-state index contributed by atoms with van der Waals surface area (Å²) >= 11 is 1.34. The summed E-state index contributed by atoms with van der Waals surface area (Å²) in [4.78, 5) is 26.1. The van der Waals surface area contributed by atoms with Crippen LogP contribution in [0.25, 0.3) is 0 Å². The van der Waals surface area contributed by atoms with Crippen LogP contribution in [0.2, 0.25) is 0 Å². The zero-order valence-electron chi connectivity index (χ0n) is 11.5. The number of carbonyl (C=O) groups excluding carboxylic acids is 2. The number of hydrogen-bond donors (Lipinski definition) is 3. The van der Waals surface area contributed by atoms with Crippen molar-refractivity contribution in [1.82, 2.24) is 21.1 Å². The monoisotopic (exact) mass is 296 g/mol. The lowest BCUT2D eigenvalue weighted by atomic mass is 10.1. The van der Waals surface area contributed by atoms with Crippen molar-refractivity contribution in [3.63, 3.8) is 0 Å². The number of nitrogens with one attached hydrogen (secondary N) is 3. The van der Waals surface area contributed by atoms with E-state index in [1.807, 2.05) is 12.4 Å². The Balaban J connectivity index is 1.71. The van der Waals surface area contributed by atoms with E-state index in [1.165, 1.54) is 11.3 Å². The third kappa shape index (κ3) is 4.29.